The molecule has 15 heteroatoms. The van der Waals surface area contributed by atoms with Crippen molar-refractivity contribution >= 4 is 56.3 Å². The zero-order valence-corrected chi connectivity index (χ0v) is 31.6. The van der Waals surface area contributed by atoms with Gasteiger partial charge in [0, 0.05) is 78.5 Å². The van der Waals surface area contributed by atoms with E-state index in [2.05, 4.69) is 15.3 Å². The molecule has 0 fully saturated rings. The zero-order valence-electron chi connectivity index (χ0n) is 30.8. The molecule has 0 radical (unpaired) electrons. The number of allylic oxidation sites excluding steroid dienone is 4. The normalized spacial score (nSPS) is 16.8. The quantitative estimate of drug-likeness (QED) is 0.0266. The Kier molecular flexibility index (Phi) is 13.7. The minimum absolute atomic E-state index is 0.0655. The standard InChI is InChI=1S/C40H44N6O8S/c1-27(19-23-54-28(2)18-20-42-44-41)43-37(47)13-7-21-45-31(16-14-29-9-3-5-11-35(29)45)25-33-38(48)34(40(50)39(33)49)26-32-17-15-30-10-4-6-12-36(30)46(32)22-8-24-55(51,52)53/h3-6,9-12,14-17,25-28H,7-8,13,18-24H2,1-2H3,(H2-,43,47,48,49,50,51,52,53)/p+1. The van der Waals surface area contributed by atoms with Gasteiger partial charge in [-0.15, -0.1) is 0 Å². The summed E-state index contributed by atoms with van der Waals surface area (Å²) in [6, 6.07) is 18.5. The molecule has 14 nitrogen and oxygen atoms in total. The van der Waals surface area contributed by atoms with Gasteiger partial charge in [-0.1, -0.05) is 41.5 Å². The van der Waals surface area contributed by atoms with E-state index in [9.17, 15) is 32.5 Å². The molecule has 288 valence electrons. The topological polar surface area (TPSA) is 203 Å². The SMILES string of the molecule is CC(CCOC(C)CCN=[N+]=[N-])NC(=O)CCCN1/C(=C/C2=C(O)C(=C/c3ccc4ccccc4[n+]3CCCS(=O)(=O)O)/C(=O)C2=O)C=Cc2ccccc21. The number of benzene rings is 2. The van der Waals surface area contributed by atoms with Crippen LogP contribution in [0.1, 0.15) is 57.2 Å². The predicted molar refractivity (Wildman–Crippen MR) is 209 cm³/mol. The summed E-state index contributed by atoms with van der Waals surface area (Å²) in [6.07, 6.45) is 8.53. The third-order valence-corrected chi connectivity index (χ3v) is 10.2. The molecule has 2 heterocycles. The van der Waals surface area contributed by atoms with Crippen molar-refractivity contribution in [1.29, 1.82) is 0 Å². The minimum atomic E-state index is -4.20. The van der Waals surface area contributed by atoms with Crippen molar-refractivity contribution in [2.45, 2.75) is 64.6 Å². The number of fused-ring (bicyclic) bond motifs is 2. The molecule has 2 atom stereocenters. The number of anilines is 1. The van der Waals surface area contributed by atoms with E-state index >= 15 is 0 Å². The molecule has 1 aliphatic carbocycles. The van der Waals surface area contributed by atoms with Crippen LogP contribution in [-0.2, 0) is 35.8 Å². The van der Waals surface area contributed by atoms with Gasteiger partial charge in [0.15, 0.2) is 6.54 Å². The second kappa shape index (κ2) is 18.6. The second-order valence-corrected chi connectivity index (χ2v) is 15.1. The average molecular weight is 770 g/mol. The average Bonchev–Trinajstić information content (AvgIpc) is 3.34. The van der Waals surface area contributed by atoms with Crippen molar-refractivity contribution in [3.8, 4) is 0 Å². The van der Waals surface area contributed by atoms with E-state index < -0.39 is 33.2 Å². The summed E-state index contributed by atoms with van der Waals surface area (Å²) < 4.78 is 39.7. The maximum atomic E-state index is 13.4. The highest BCUT2D eigenvalue weighted by atomic mass is 32.2. The molecule has 2 aliphatic rings. The number of azide groups is 1. The van der Waals surface area contributed by atoms with Crippen LogP contribution in [0.25, 0.3) is 33.5 Å². The molecule has 0 saturated heterocycles. The maximum Gasteiger partial charge on any atom is 0.265 e. The number of carbonyl (C=O) groups is 3. The van der Waals surface area contributed by atoms with Gasteiger partial charge in [0.25, 0.3) is 10.1 Å². The highest BCUT2D eigenvalue weighted by molar-refractivity contribution is 7.85. The van der Waals surface area contributed by atoms with Gasteiger partial charge in [-0.3, -0.25) is 18.9 Å². The number of hydrogen-bond donors (Lipinski definition) is 3. The Morgan fingerprint density at radius 3 is 2.56 bits per heavy atom. The monoisotopic (exact) mass is 769 g/mol. The summed E-state index contributed by atoms with van der Waals surface area (Å²) in [6.45, 7) is 5.20. The van der Waals surface area contributed by atoms with E-state index in [0.29, 0.717) is 50.3 Å². The number of carbonyl (C=O) groups excluding carboxylic acids is 3. The Morgan fingerprint density at radius 1 is 1.02 bits per heavy atom. The summed E-state index contributed by atoms with van der Waals surface area (Å²) >= 11 is 0. The Labute approximate surface area is 319 Å². The van der Waals surface area contributed by atoms with E-state index in [1.165, 1.54) is 12.2 Å². The number of rotatable bonds is 18. The second-order valence-electron chi connectivity index (χ2n) is 13.5. The molecular weight excluding hydrogens is 725 g/mol. The molecule has 2 aromatic carbocycles. The van der Waals surface area contributed by atoms with Gasteiger partial charge in [-0.2, -0.15) is 13.0 Å². The largest absolute Gasteiger partial charge is 0.506 e. The molecule has 0 bridgehead atoms. The van der Waals surface area contributed by atoms with Crippen LogP contribution in [0.3, 0.4) is 0 Å². The van der Waals surface area contributed by atoms with Gasteiger partial charge >= 0.3 is 0 Å². The summed E-state index contributed by atoms with van der Waals surface area (Å²) in [4.78, 5) is 44.4. The van der Waals surface area contributed by atoms with Crippen molar-refractivity contribution in [3.05, 3.63) is 117 Å². The number of ketones is 2. The van der Waals surface area contributed by atoms with Gasteiger partial charge in [0.2, 0.25) is 28.7 Å². The van der Waals surface area contributed by atoms with Crippen LogP contribution in [0.5, 0.6) is 0 Å². The maximum absolute atomic E-state index is 13.4. The van der Waals surface area contributed by atoms with Crippen LogP contribution >= 0.6 is 0 Å². The Hall–Kier alpha value is -5.60. The molecule has 0 spiro atoms. The Morgan fingerprint density at radius 2 is 1.78 bits per heavy atom. The lowest BCUT2D eigenvalue weighted by atomic mass is 10.0. The lowest BCUT2D eigenvalue weighted by molar-refractivity contribution is -0.673. The summed E-state index contributed by atoms with van der Waals surface area (Å²) in [5, 5.41) is 18.8. The first-order chi connectivity index (χ1) is 26.4. The third-order valence-electron chi connectivity index (χ3n) is 9.36. The number of pyridine rings is 1. The predicted octanol–water partition coefficient (Wildman–Crippen LogP) is 5.95. The van der Waals surface area contributed by atoms with Crippen molar-refractivity contribution in [2.75, 3.05) is 30.3 Å². The number of hydrogen-bond acceptors (Lipinski definition) is 9. The number of aliphatic hydroxyl groups is 1. The van der Waals surface area contributed by atoms with Crippen LogP contribution in [0.4, 0.5) is 5.69 Å². The summed E-state index contributed by atoms with van der Waals surface area (Å²) in [5.74, 6) is -2.81. The fourth-order valence-corrected chi connectivity index (χ4v) is 7.01. The van der Waals surface area contributed by atoms with Crippen LogP contribution in [0.2, 0.25) is 0 Å². The smallest absolute Gasteiger partial charge is 0.265 e. The van der Waals surface area contributed by atoms with E-state index in [4.69, 9.17) is 10.3 Å². The molecular formula is C40H45N6O8S+. The number of ether oxygens (including phenoxy) is 1. The molecule has 1 amide bonds. The van der Waals surface area contributed by atoms with E-state index in [0.717, 1.165) is 22.2 Å². The number of Topliss-reactive ketones (excluding diaryl/α,β-unsaturated/α-hetero) is 2. The zero-order chi connectivity index (χ0) is 39.5. The lowest BCUT2D eigenvalue weighted by Crippen LogP contribution is -2.39. The van der Waals surface area contributed by atoms with Gasteiger partial charge in [0.05, 0.1) is 23.0 Å². The number of amides is 1. The van der Waals surface area contributed by atoms with E-state index in [1.807, 2.05) is 79.4 Å². The number of aryl methyl sites for hydroxylation is 1. The van der Waals surface area contributed by atoms with Crippen molar-refractivity contribution in [1.82, 2.24) is 5.32 Å². The lowest BCUT2D eigenvalue weighted by Gasteiger charge is -2.30. The first-order valence-corrected chi connectivity index (χ1v) is 19.8. The number of aromatic nitrogens is 1. The van der Waals surface area contributed by atoms with Crippen LogP contribution in [0.15, 0.2) is 101 Å². The number of para-hydroxylation sites is 2. The summed E-state index contributed by atoms with van der Waals surface area (Å²) in [7, 11) is -4.20. The van der Waals surface area contributed by atoms with Crippen molar-refractivity contribution < 1.29 is 41.8 Å². The van der Waals surface area contributed by atoms with Gasteiger partial charge in [0.1, 0.15) is 5.76 Å². The first-order valence-electron chi connectivity index (χ1n) is 18.2. The third kappa shape index (κ3) is 10.8. The molecule has 2 unspecified atom stereocenters. The Bertz CT molecular complexity index is 2240. The molecule has 3 aromatic rings. The van der Waals surface area contributed by atoms with Crippen molar-refractivity contribution in [3.63, 3.8) is 0 Å². The molecule has 1 aromatic heterocycles. The van der Waals surface area contributed by atoms with Gasteiger partial charge < -0.3 is 20.1 Å². The molecule has 5 rings (SSSR count). The molecule has 3 N–H and O–H groups in total. The van der Waals surface area contributed by atoms with E-state index in [1.54, 1.807) is 16.7 Å². The van der Waals surface area contributed by atoms with Crippen LogP contribution in [0, 0.1) is 0 Å². The Balaban J connectivity index is 1.33. The van der Waals surface area contributed by atoms with Gasteiger partial charge in [-0.25, -0.2) is 0 Å². The van der Waals surface area contributed by atoms with Crippen molar-refractivity contribution in [2.24, 2.45) is 5.11 Å². The first kappa shape index (κ1) is 40.6. The molecule has 0 saturated carbocycles. The van der Waals surface area contributed by atoms with Crippen LogP contribution in [-0.4, -0.2) is 73.1 Å². The van der Waals surface area contributed by atoms with E-state index in [-0.39, 0.29) is 48.6 Å². The minimum Gasteiger partial charge on any atom is -0.506 e. The highest BCUT2D eigenvalue weighted by Gasteiger charge is 2.37. The van der Waals surface area contributed by atoms with Crippen LogP contribution < -0.4 is 14.8 Å². The number of aliphatic hydroxyl groups excluding tert-OH is 1. The fraction of sp³-hybridized carbons (Fsp3) is 0.350. The number of nitrogens with zero attached hydrogens (tertiary/aromatic N) is 5. The number of nitrogens with one attached hydrogen (secondary N) is 1. The fourth-order valence-electron chi connectivity index (χ4n) is 6.51. The highest BCUT2D eigenvalue weighted by Crippen LogP contribution is 2.34. The van der Waals surface area contributed by atoms with Gasteiger partial charge in [-0.05, 0) is 74.6 Å². The molecule has 1 aliphatic heterocycles. The summed E-state index contributed by atoms with van der Waals surface area (Å²) in [5.41, 5.74) is 11.6. The molecule has 55 heavy (non-hydrogen) atoms.